The van der Waals surface area contributed by atoms with Crippen molar-refractivity contribution in [2.75, 3.05) is 20.2 Å². The Morgan fingerprint density at radius 1 is 1.16 bits per heavy atom. The van der Waals surface area contributed by atoms with Gasteiger partial charge in [0, 0.05) is 49.9 Å². The Morgan fingerprint density at radius 3 is 2.92 bits per heavy atom. The Morgan fingerprint density at radius 2 is 2.08 bits per heavy atom. The molecular weight excluding hydrogens is 312 g/mol. The van der Waals surface area contributed by atoms with Crippen molar-refractivity contribution >= 4 is 5.71 Å². The van der Waals surface area contributed by atoms with Crippen LogP contribution in [0.4, 0.5) is 0 Å². The van der Waals surface area contributed by atoms with E-state index in [4.69, 9.17) is 9.72 Å². The van der Waals surface area contributed by atoms with Gasteiger partial charge in [0.1, 0.15) is 5.75 Å². The average Bonchev–Trinajstić information content (AvgIpc) is 2.68. The topological polar surface area (TPSA) is 50.6 Å². The predicted molar refractivity (Wildman–Crippen MR) is 98.1 cm³/mol. The second-order valence-electron chi connectivity index (χ2n) is 6.72. The molecule has 0 unspecified atom stereocenters. The first-order valence-corrected chi connectivity index (χ1v) is 9.06. The zero-order valence-electron chi connectivity index (χ0n) is 14.7. The second-order valence-corrected chi connectivity index (χ2v) is 6.72. The number of hydrogen-bond acceptors (Lipinski definition) is 5. The van der Waals surface area contributed by atoms with Gasteiger partial charge in [-0.2, -0.15) is 0 Å². The van der Waals surface area contributed by atoms with E-state index in [1.807, 2.05) is 18.3 Å². The molecule has 0 N–H and O–H groups in total. The number of aromatic nitrogens is 2. The van der Waals surface area contributed by atoms with Gasteiger partial charge in [-0.1, -0.05) is 18.2 Å². The summed E-state index contributed by atoms with van der Waals surface area (Å²) in [5.74, 6) is 1.80. The Labute approximate surface area is 148 Å². The van der Waals surface area contributed by atoms with Crippen molar-refractivity contribution in [1.82, 2.24) is 14.9 Å². The zero-order chi connectivity index (χ0) is 17.1. The summed E-state index contributed by atoms with van der Waals surface area (Å²) in [4.78, 5) is 16.5. The maximum Gasteiger partial charge on any atom is 0.173 e. The van der Waals surface area contributed by atoms with E-state index in [0.717, 1.165) is 56.3 Å². The van der Waals surface area contributed by atoms with Crippen molar-refractivity contribution < 1.29 is 4.74 Å². The van der Waals surface area contributed by atoms with Crippen LogP contribution < -0.4 is 4.74 Å². The van der Waals surface area contributed by atoms with Crippen molar-refractivity contribution in [2.45, 2.75) is 38.8 Å². The predicted octanol–water partition coefficient (Wildman–Crippen LogP) is 3.02. The van der Waals surface area contributed by atoms with Crippen LogP contribution in [0.1, 0.15) is 41.9 Å². The number of rotatable bonds is 4. The van der Waals surface area contributed by atoms with Crippen LogP contribution in [0.5, 0.6) is 5.75 Å². The first-order chi connectivity index (χ1) is 12.3. The minimum Gasteiger partial charge on any atom is -0.496 e. The summed E-state index contributed by atoms with van der Waals surface area (Å²) in [6.45, 7) is 3.70. The third-order valence-corrected chi connectivity index (χ3v) is 4.98. The molecule has 2 aliphatic heterocycles. The maximum atomic E-state index is 5.47. The standard InChI is InChI=1S/C20H24N4O/c1-25-19-8-3-2-6-15(19)13-24-11-9-17-16(14-24)12-22-20(23-17)18-7-4-5-10-21-18/h2-3,6,8,12H,4-5,7,9-11,13-14H2,1H3. The molecule has 1 aromatic heterocycles. The number of para-hydroxylation sites is 1. The van der Waals surface area contributed by atoms with E-state index >= 15 is 0 Å². The van der Waals surface area contributed by atoms with Gasteiger partial charge in [0.05, 0.1) is 18.5 Å². The van der Waals surface area contributed by atoms with E-state index in [-0.39, 0.29) is 0 Å². The molecule has 5 nitrogen and oxygen atoms in total. The van der Waals surface area contributed by atoms with Crippen molar-refractivity contribution in [2.24, 2.45) is 4.99 Å². The fourth-order valence-corrected chi connectivity index (χ4v) is 3.60. The summed E-state index contributed by atoms with van der Waals surface area (Å²) in [5, 5.41) is 0. The lowest BCUT2D eigenvalue weighted by Gasteiger charge is -2.28. The summed E-state index contributed by atoms with van der Waals surface area (Å²) in [5.41, 5.74) is 4.74. The second kappa shape index (κ2) is 7.31. The fourth-order valence-electron chi connectivity index (χ4n) is 3.60. The van der Waals surface area contributed by atoms with Crippen LogP contribution in [0.3, 0.4) is 0 Å². The minimum absolute atomic E-state index is 0.844. The van der Waals surface area contributed by atoms with Crippen molar-refractivity contribution in [3.8, 4) is 5.75 Å². The van der Waals surface area contributed by atoms with Gasteiger partial charge in [0.2, 0.25) is 0 Å². The van der Waals surface area contributed by atoms with Crippen LogP contribution in [-0.4, -0.2) is 40.8 Å². The third kappa shape index (κ3) is 3.56. The molecule has 5 heteroatoms. The van der Waals surface area contributed by atoms with Gasteiger partial charge in [-0.15, -0.1) is 0 Å². The first-order valence-electron chi connectivity index (χ1n) is 9.06. The first kappa shape index (κ1) is 16.2. The Balaban J connectivity index is 1.49. The van der Waals surface area contributed by atoms with E-state index in [2.05, 4.69) is 27.0 Å². The molecule has 0 fully saturated rings. The van der Waals surface area contributed by atoms with Crippen molar-refractivity contribution in [3.05, 3.63) is 53.1 Å². The summed E-state index contributed by atoms with van der Waals surface area (Å²) < 4.78 is 5.47. The van der Waals surface area contributed by atoms with Crippen LogP contribution >= 0.6 is 0 Å². The summed E-state index contributed by atoms with van der Waals surface area (Å²) in [6.07, 6.45) is 6.37. The number of benzene rings is 1. The lowest BCUT2D eigenvalue weighted by Crippen LogP contribution is -2.31. The number of ether oxygens (including phenoxy) is 1. The fraction of sp³-hybridized carbons (Fsp3) is 0.450. The van der Waals surface area contributed by atoms with Crippen LogP contribution in [0.2, 0.25) is 0 Å². The van der Waals surface area contributed by atoms with Crippen LogP contribution in [0.15, 0.2) is 35.5 Å². The van der Waals surface area contributed by atoms with E-state index in [1.165, 1.54) is 29.7 Å². The SMILES string of the molecule is COc1ccccc1CN1CCc2nc(C3=NCCCC3)ncc2C1. The Hall–Kier alpha value is -2.27. The van der Waals surface area contributed by atoms with Gasteiger partial charge in [-0.3, -0.25) is 9.89 Å². The molecule has 0 atom stereocenters. The van der Waals surface area contributed by atoms with Gasteiger partial charge in [0.15, 0.2) is 5.82 Å². The number of fused-ring (bicyclic) bond motifs is 1. The van der Waals surface area contributed by atoms with Crippen molar-refractivity contribution in [3.63, 3.8) is 0 Å². The van der Waals surface area contributed by atoms with Crippen LogP contribution in [0, 0.1) is 0 Å². The lowest BCUT2D eigenvalue weighted by molar-refractivity contribution is 0.239. The van der Waals surface area contributed by atoms with Gasteiger partial charge < -0.3 is 4.74 Å². The monoisotopic (exact) mass is 336 g/mol. The zero-order valence-corrected chi connectivity index (χ0v) is 14.7. The van der Waals surface area contributed by atoms with E-state index in [1.54, 1.807) is 7.11 Å². The van der Waals surface area contributed by atoms with E-state index in [9.17, 15) is 0 Å². The smallest absolute Gasteiger partial charge is 0.173 e. The molecule has 2 aliphatic rings. The summed E-state index contributed by atoms with van der Waals surface area (Å²) in [7, 11) is 1.73. The largest absolute Gasteiger partial charge is 0.496 e. The Bertz CT molecular complexity index is 787. The highest BCUT2D eigenvalue weighted by molar-refractivity contribution is 5.97. The number of nitrogens with zero attached hydrogens (tertiary/aromatic N) is 4. The molecule has 0 saturated carbocycles. The highest BCUT2D eigenvalue weighted by Gasteiger charge is 2.21. The van der Waals surface area contributed by atoms with Crippen LogP contribution in [0.25, 0.3) is 0 Å². The molecule has 25 heavy (non-hydrogen) atoms. The summed E-state index contributed by atoms with van der Waals surface area (Å²) in [6, 6.07) is 8.23. The molecule has 0 spiro atoms. The third-order valence-electron chi connectivity index (χ3n) is 4.98. The molecule has 1 aromatic carbocycles. The molecule has 3 heterocycles. The maximum absolute atomic E-state index is 5.47. The quantitative estimate of drug-likeness (QED) is 0.861. The highest BCUT2D eigenvalue weighted by Crippen LogP contribution is 2.23. The number of methoxy groups -OCH3 is 1. The summed E-state index contributed by atoms with van der Waals surface area (Å²) >= 11 is 0. The minimum atomic E-state index is 0.844. The van der Waals surface area contributed by atoms with Gasteiger partial charge in [0.25, 0.3) is 0 Å². The molecule has 0 radical (unpaired) electrons. The lowest BCUT2D eigenvalue weighted by atomic mass is 10.0. The average molecular weight is 336 g/mol. The van der Waals surface area contributed by atoms with E-state index in [0.29, 0.717) is 0 Å². The Kier molecular flexibility index (Phi) is 4.74. The molecule has 0 bridgehead atoms. The molecule has 130 valence electrons. The van der Waals surface area contributed by atoms with Crippen molar-refractivity contribution in [1.29, 1.82) is 0 Å². The van der Waals surface area contributed by atoms with Gasteiger partial charge >= 0.3 is 0 Å². The highest BCUT2D eigenvalue weighted by atomic mass is 16.5. The number of aliphatic imine (C=N–C) groups is 1. The number of hydrogen-bond donors (Lipinski definition) is 0. The molecule has 0 saturated heterocycles. The van der Waals surface area contributed by atoms with Crippen LogP contribution in [-0.2, 0) is 19.5 Å². The van der Waals surface area contributed by atoms with Gasteiger partial charge in [-0.05, 0) is 25.3 Å². The molecule has 0 aliphatic carbocycles. The molecule has 4 rings (SSSR count). The molecule has 2 aromatic rings. The van der Waals surface area contributed by atoms with Gasteiger partial charge in [-0.25, -0.2) is 9.97 Å². The normalized spacial score (nSPS) is 17.7. The molecular formula is C20H24N4O. The molecule has 0 amide bonds. The van der Waals surface area contributed by atoms with E-state index < -0.39 is 0 Å².